The van der Waals surface area contributed by atoms with Crippen LogP contribution in [0.25, 0.3) is 65.7 Å². The number of para-hydroxylation sites is 1. The quantitative estimate of drug-likeness (QED) is 0.173. The second-order valence-electron chi connectivity index (χ2n) is 14.4. The molecule has 0 amide bonds. The third kappa shape index (κ3) is 5.40. The zero-order chi connectivity index (χ0) is 36.3. The van der Waals surface area contributed by atoms with Crippen molar-refractivity contribution in [1.82, 2.24) is 0 Å². The summed E-state index contributed by atoms with van der Waals surface area (Å²) < 4.78 is 6.82. The molecule has 2 heterocycles. The van der Waals surface area contributed by atoms with Crippen LogP contribution in [0, 0.1) is 0 Å². The maximum atomic E-state index is 6.82. The predicted octanol–water partition coefficient (Wildman–Crippen LogP) is 14.4. The van der Waals surface area contributed by atoms with Gasteiger partial charge < -0.3 is 9.32 Å². The van der Waals surface area contributed by atoms with Crippen LogP contribution in [0.5, 0.6) is 0 Å². The van der Waals surface area contributed by atoms with E-state index in [2.05, 4.69) is 199 Å². The van der Waals surface area contributed by atoms with Gasteiger partial charge in [-0.15, -0.1) is 0 Å². The van der Waals surface area contributed by atoms with Crippen molar-refractivity contribution in [3.8, 4) is 22.3 Å². The Kier molecular flexibility index (Phi) is 7.24. The van der Waals surface area contributed by atoms with Gasteiger partial charge in [0.1, 0.15) is 11.2 Å². The summed E-state index contributed by atoms with van der Waals surface area (Å²) in [5.41, 5.74) is 14.2. The fourth-order valence-electron chi connectivity index (χ4n) is 8.33. The molecule has 11 rings (SSSR count). The van der Waals surface area contributed by atoms with Crippen molar-refractivity contribution in [3.63, 3.8) is 0 Å². The lowest BCUT2D eigenvalue weighted by molar-refractivity contribution is 0.669. The highest BCUT2D eigenvalue weighted by Crippen LogP contribution is 2.46. The fraction of sp³-hybridized carbons (Fsp3) is 0.0192. The Morgan fingerprint density at radius 1 is 0.418 bits per heavy atom. The normalized spacial score (nSPS) is 12.4. The highest BCUT2D eigenvalue weighted by Gasteiger charge is 2.22. The summed E-state index contributed by atoms with van der Waals surface area (Å²) in [4.78, 5) is 7.35. The molecule has 0 saturated carbocycles. The first-order valence-corrected chi connectivity index (χ1v) is 18.8. The van der Waals surface area contributed by atoms with Crippen molar-refractivity contribution in [3.05, 3.63) is 205 Å². The number of hydrogen-bond donors (Lipinski definition) is 0. The monoisotopic (exact) mass is 702 g/mol. The first-order valence-electron chi connectivity index (χ1n) is 18.8. The Bertz CT molecular complexity index is 3100. The topological polar surface area (TPSA) is 28.7 Å². The molecule has 9 aromatic carbocycles. The summed E-state index contributed by atoms with van der Waals surface area (Å²) in [6, 6.07) is 69.5. The largest absolute Gasteiger partial charge is 0.456 e. The van der Waals surface area contributed by atoms with E-state index in [1.807, 2.05) is 0 Å². The third-order valence-electron chi connectivity index (χ3n) is 11.1. The summed E-state index contributed by atoms with van der Waals surface area (Å²) in [5.74, 6) is 0. The molecule has 3 heteroatoms. The van der Waals surface area contributed by atoms with Crippen molar-refractivity contribution in [2.24, 2.45) is 4.99 Å². The molecule has 0 bridgehead atoms. The molecule has 1 aromatic heterocycles. The summed E-state index contributed by atoms with van der Waals surface area (Å²) in [7, 11) is 0. The van der Waals surface area contributed by atoms with E-state index >= 15 is 0 Å². The van der Waals surface area contributed by atoms with Crippen LogP contribution in [-0.4, -0.2) is 5.71 Å². The van der Waals surface area contributed by atoms with E-state index < -0.39 is 0 Å². The molecule has 0 aliphatic carbocycles. The van der Waals surface area contributed by atoms with Crippen LogP contribution in [0.15, 0.2) is 204 Å². The summed E-state index contributed by atoms with van der Waals surface area (Å²) >= 11 is 0. The first-order chi connectivity index (χ1) is 27.2. The number of hydrogen-bond acceptors (Lipinski definition) is 3. The van der Waals surface area contributed by atoms with Gasteiger partial charge in [0.25, 0.3) is 0 Å². The molecule has 3 nitrogen and oxygen atoms in total. The molecule has 0 atom stereocenters. The molecule has 0 fully saturated rings. The zero-order valence-electron chi connectivity index (χ0n) is 30.0. The second-order valence-corrected chi connectivity index (χ2v) is 14.4. The van der Waals surface area contributed by atoms with E-state index in [1.54, 1.807) is 0 Å². The lowest BCUT2D eigenvalue weighted by atomic mass is 9.98. The Balaban J connectivity index is 1.08. The maximum absolute atomic E-state index is 6.82. The number of aliphatic imine (C=N–C) groups is 1. The van der Waals surface area contributed by atoms with Gasteiger partial charge >= 0.3 is 0 Å². The van der Waals surface area contributed by atoms with Gasteiger partial charge in [-0.1, -0.05) is 140 Å². The van der Waals surface area contributed by atoms with Crippen molar-refractivity contribution < 1.29 is 4.42 Å². The molecule has 0 unspecified atom stereocenters. The number of rotatable bonds is 6. The van der Waals surface area contributed by atoms with Crippen LogP contribution >= 0.6 is 0 Å². The molecule has 0 spiro atoms. The van der Waals surface area contributed by atoms with Crippen LogP contribution in [0.2, 0.25) is 0 Å². The molecule has 0 radical (unpaired) electrons. The van der Waals surface area contributed by atoms with E-state index in [9.17, 15) is 0 Å². The van der Waals surface area contributed by atoms with Gasteiger partial charge in [-0.2, -0.15) is 0 Å². The fourth-order valence-corrected chi connectivity index (χ4v) is 8.33. The van der Waals surface area contributed by atoms with Crippen LogP contribution in [0.3, 0.4) is 0 Å². The standard InChI is InChI=1S/C52H34N2O/c1-3-11-34(12-4-1)36-21-25-42(26-22-36)54(43-27-23-38-29-37(19-20-39(38)30-43)35-13-5-2-6-14-35)49-33-51-52(45-17-9-8-16-44(45)49)46-28-24-41(32-50(46)55-51)48-31-40-15-7-10-18-47(40)53-48/h1-30,32-33H,31H2. The van der Waals surface area contributed by atoms with Crippen molar-refractivity contribution in [1.29, 1.82) is 0 Å². The minimum absolute atomic E-state index is 0.826. The average Bonchev–Trinajstić information content (AvgIpc) is 3.86. The van der Waals surface area contributed by atoms with Crippen LogP contribution < -0.4 is 4.90 Å². The number of furan rings is 1. The smallest absolute Gasteiger partial charge is 0.138 e. The van der Waals surface area contributed by atoms with Gasteiger partial charge in [0.2, 0.25) is 0 Å². The van der Waals surface area contributed by atoms with Crippen molar-refractivity contribution in [2.75, 3.05) is 4.90 Å². The summed E-state index contributed by atoms with van der Waals surface area (Å²) in [6.07, 6.45) is 0.826. The Morgan fingerprint density at radius 3 is 1.84 bits per heavy atom. The van der Waals surface area contributed by atoms with Crippen molar-refractivity contribution in [2.45, 2.75) is 6.42 Å². The SMILES string of the molecule is c1ccc(-c2ccc(N(c3ccc4cc(-c5ccccc5)ccc4c3)c3cc4oc5cc(C6=Nc7ccccc7C6)ccc5c4c4ccccc34)cc2)cc1. The van der Waals surface area contributed by atoms with Gasteiger partial charge in [0.15, 0.2) is 0 Å². The molecule has 55 heavy (non-hydrogen) atoms. The second kappa shape index (κ2) is 12.7. The van der Waals surface area contributed by atoms with E-state index in [4.69, 9.17) is 9.41 Å². The zero-order valence-corrected chi connectivity index (χ0v) is 30.0. The average molecular weight is 703 g/mol. The van der Waals surface area contributed by atoms with Crippen LogP contribution in [0.4, 0.5) is 22.7 Å². The number of nitrogens with zero attached hydrogens (tertiary/aromatic N) is 2. The minimum atomic E-state index is 0.826. The number of anilines is 3. The maximum Gasteiger partial charge on any atom is 0.138 e. The Morgan fingerprint density at radius 2 is 1.04 bits per heavy atom. The van der Waals surface area contributed by atoms with E-state index in [0.717, 1.165) is 73.2 Å². The molecule has 1 aliphatic rings. The Hall–Kier alpha value is -7.23. The third-order valence-corrected chi connectivity index (χ3v) is 11.1. The van der Waals surface area contributed by atoms with Crippen LogP contribution in [-0.2, 0) is 6.42 Å². The highest BCUT2D eigenvalue weighted by atomic mass is 16.3. The molecule has 10 aromatic rings. The molecule has 0 N–H and O–H groups in total. The van der Waals surface area contributed by atoms with E-state index in [-0.39, 0.29) is 0 Å². The molecular weight excluding hydrogens is 669 g/mol. The highest BCUT2D eigenvalue weighted by molar-refractivity contribution is 6.23. The van der Waals surface area contributed by atoms with Gasteiger partial charge in [0, 0.05) is 45.6 Å². The molecule has 1 aliphatic heterocycles. The first kappa shape index (κ1) is 31.3. The lowest BCUT2D eigenvalue weighted by Crippen LogP contribution is -2.10. The predicted molar refractivity (Wildman–Crippen MR) is 231 cm³/mol. The summed E-state index contributed by atoms with van der Waals surface area (Å²) in [5, 5.41) is 6.94. The minimum Gasteiger partial charge on any atom is -0.456 e. The van der Waals surface area contributed by atoms with Gasteiger partial charge in [-0.05, 0) is 92.5 Å². The van der Waals surface area contributed by atoms with Gasteiger partial charge in [-0.3, -0.25) is 4.99 Å². The molecule has 0 saturated heterocycles. The lowest BCUT2D eigenvalue weighted by Gasteiger charge is -2.27. The summed E-state index contributed by atoms with van der Waals surface area (Å²) in [6.45, 7) is 0. The van der Waals surface area contributed by atoms with Crippen LogP contribution in [0.1, 0.15) is 11.1 Å². The van der Waals surface area contributed by atoms with E-state index in [1.165, 1.54) is 38.6 Å². The number of benzene rings is 9. The molecule has 258 valence electrons. The van der Waals surface area contributed by atoms with Gasteiger partial charge in [-0.25, -0.2) is 0 Å². The number of fused-ring (bicyclic) bond motifs is 7. The molecular formula is C52H34N2O. The Labute approximate surface area is 319 Å². The van der Waals surface area contributed by atoms with Gasteiger partial charge in [0.05, 0.1) is 17.1 Å². The van der Waals surface area contributed by atoms with E-state index in [0.29, 0.717) is 0 Å². The van der Waals surface area contributed by atoms with Crippen molar-refractivity contribution >= 4 is 71.9 Å².